The number of aromatic nitrogens is 3. The highest BCUT2D eigenvalue weighted by Gasteiger charge is 2.29. The number of hydrogen-bond acceptors (Lipinski definition) is 7. The lowest BCUT2D eigenvalue weighted by Crippen LogP contribution is -2.20. The Bertz CT molecular complexity index is 1170. The van der Waals surface area contributed by atoms with Crippen LogP contribution in [0.5, 0.6) is 11.5 Å². The quantitative estimate of drug-likeness (QED) is 0.584. The van der Waals surface area contributed by atoms with Gasteiger partial charge in [0.1, 0.15) is 18.1 Å². The molecule has 0 fully saturated rings. The number of ether oxygens (including phenoxy) is 2. The van der Waals surface area contributed by atoms with Gasteiger partial charge in [-0.25, -0.2) is 4.98 Å². The Morgan fingerprint density at radius 2 is 2.10 bits per heavy atom. The van der Waals surface area contributed by atoms with Crippen molar-refractivity contribution in [3.8, 4) is 11.5 Å². The Morgan fingerprint density at radius 3 is 2.87 bits per heavy atom. The van der Waals surface area contributed by atoms with E-state index in [9.17, 15) is 21.6 Å². The molecule has 1 aliphatic rings. The van der Waals surface area contributed by atoms with Gasteiger partial charge in [0.05, 0.1) is 23.3 Å². The predicted octanol–water partition coefficient (Wildman–Crippen LogP) is 3.05. The number of aromatic amines is 1. The van der Waals surface area contributed by atoms with E-state index in [1.165, 1.54) is 19.2 Å². The van der Waals surface area contributed by atoms with Crippen LogP contribution in [-0.2, 0) is 27.3 Å². The summed E-state index contributed by atoms with van der Waals surface area (Å²) < 4.78 is 77.4. The number of imidazole rings is 1. The van der Waals surface area contributed by atoms with E-state index in [1.807, 2.05) is 0 Å². The van der Waals surface area contributed by atoms with Crippen LogP contribution in [0.4, 0.5) is 13.2 Å². The fraction of sp³-hybridized carbons (Fsp3) is 0.333. The number of H-pyrrole nitrogens is 1. The number of pyridine rings is 1. The molecule has 3 aromatic rings. The molecule has 2 aromatic heterocycles. The topological polar surface area (TPSA) is 103 Å². The van der Waals surface area contributed by atoms with Crippen molar-refractivity contribution in [3.63, 3.8) is 0 Å². The summed E-state index contributed by atoms with van der Waals surface area (Å²) in [7, 11) is -4.27. The smallest absolute Gasteiger partial charge is 0.422 e. The lowest BCUT2D eigenvalue weighted by molar-refractivity contribution is -0.153. The number of rotatable bonds is 6. The second-order valence-corrected chi connectivity index (χ2v) is 8.15. The number of benzene rings is 1. The Kier molecular flexibility index (Phi) is 5.06. The zero-order chi connectivity index (χ0) is 21.5. The largest absolute Gasteiger partial charge is 0.493 e. The Morgan fingerprint density at radius 1 is 1.30 bits per heavy atom. The standard InChI is InChI=1S/C18H16F3N3O5S/c1-10-14(22-4-2-15(10)28-9-18(19,20)21)8-29-30(25,26)17-23-12-6-11-3-5-27-16(11)7-13(12)24-17/h2,4,6-7H,3,5,8-9H2,1H3,(H,23,24). The van der Waals surface area contributed by atoms with Gasteiger partial charge in [0.2, 0.25) is 0 Å². The van der Waals surface area contributed by atoms with Gasteiger partial charge in [-0.2, -0.15) is 21.6 Å². The van der Waals surface area contributed by atoms with Crippen LogP contribution in [0.2, 0.25) is 0 Å². The third-order valence-corrected chi connectivity index (χ3v) is 5.60. The zero-order valence-electron chi connectivity index (χ0n) is 15.6. The molecule has 0 atom stereocenters. The Labute approximate surface area is 169 Å². The van der Waals surface area contributed by atoms with Crippen LogP contribution in [0.25, 0.3) is 11.0 Å². The molecule has 0 amide bonds. The Balaban J connectivity index is 1.51. The van der Waals surface area contributed by atoms with Crippen LogP contribution in [0.1, 0.15) is 16.8 Å². The molecule has 0 aliphatic carbocycles. The number of alkyl halides is 3. The van der Waals surface area contributed by atoms with E-state index < -0.39 is 29.5 Å². The summed E-state index contributed by atoms with van der Waals surface area (Å²) in [5.41, 5.74) is 2.26. The fourth-order valence-corrected chi connectivity index (χ4v) is 3.81. The van der Waals surface area contributed by atoms with Crippen LogP contribution in [0.3, 0.4) is 0 Å². The van der Waals surface area contributed by atoms with Crippen LogP contribution in [0, 0.1) is 6.92 Å². The minimum absolute atomic E-state index is 0.0587. The van der Waals surface area contributed by atoms with E-state index in [0.29, 0.717) is 23.4 Å². The maximum atomic E-state index is 12.5. The van der Waals surface area contributed by atoms with Gasteiger partial charge in [-0.3, -0.25) is 9.17 Å². The molecule has 1 N–H and O–H groups in total. The molecule has 0 saturated heterocycles. The molecule has 3 heterocycles. The highest BCUT2D eigenvalue weighted by Crippen LogP contribution is 2.30. The molecule has 12 heteroatoms. The minimum Gasteiger partial charge on any atom is -0.493 e. The second-order valence-electron chi connectivity index (χ2n) is 6.62. The van der Waals surface area contributed by atoms with E-state index in [-0.39, 0.29) is 22.2 Å². The molecular formula is C18H16F3N3O5S. The van der Waals surface area contributed by atoms with Crippen molar-refractivity contribution in [2.75, 3.05) is 13.2 Å². The van der Waals surface area contributed by atoms with Crippen LogP contribution >= 0.6 is 0 Å². The fourth-order valence-electron chi connectivity index (χ4n) is 2.99. The lowest BCUT2D eigenvalue weighted by atomic mass is 10.1. The van der Waals surface area contributed by atoms with Crippen molar-refractivity contribution in [2.45, 2.75) is 31.3 Å². The Hall–Kier alpha value is -2.86. The highest BCUT2D eigenvalue weighted by atomic mass is 32.2. The zero-order valence-corrected chi connectivity index (χ0v) is 16.4. The van der Waals surface area contributed by atoms with Gasteiger partial charge >= 0.3 is 16.3 Å². The number of hydrogen-bond donors (Lipinski definition) is 1. The summed E-state index contributed by atoms with van der Waals surface area (Å²) in [5, 5.41) is -0.386. The molecule has 0 unspecified atom stereocenters. The summed E-state index contributed by atoms with van der Waals surface area (Å²) in [5.74, 6) is 0.603. The first-order valence-electron chi connectivity index (χ1n) is 8.81. The van der Waals surface area contributed by atoms with Crippen molar-refractivity contribution in [3.05, 3.63) is 41.2 Å². The van der Waals surface area contributed by atoms with E-state index in [4.69, 9.17) is 13.7 Å². The van der Waals surface area contributed by atoms with E-state index in [0.717, 1.165) is 12.0 Å². The van der Waals surface area contributed by atoms with Crippen LogP contribution in [0.15, 0.2) is 29.6 Å². The first-order valence-corrected chi connectivity index (χ1v) is 10.2. The highest BCUT2D eigenvalue weighted by molar-refractivity contribution is 7.86. The number of halogens is 3. The van der Waals surface area contributed by atoms with Crippen molar-refractivity contribution in [1.29, 1.82) is 0 Å². The van der Waals surface area contributed by atoms with Gasteiger partial charge in [0.25, 0.3) is 5.16 Å². The minimum atomic E-state index is -4.50. The summed E-state index contributed by atoms with van der Waals surface area (Å²) in [6.07, 6.45) is -2.56. The van der Waals surface area contributed by atoms with Crippen molar-refractivity contribution in [2.24, 2.45) is 0 Å². The maximum Gasteiger partial charge on any atom is 0.422 e. The van der Waals surface area contributed by atoms with Gasteiger partial charge in [0.15, 0.2) is 6.61 Å². The van der Waals surface area contributed by atoms with E-state index in [1.54, 1.807) is 12.1 Å². The van der Waals surface area contributed by atoms with Gasteiger partial charge in [-0.1, -0.05) is 0 Å². The molecule has 8 nitrogen and oxygen atoms in total. The molecule has 0 bridgehead atoms. The van der Waals surface area contributed by atoms with Gasteiger partial charge in [-0.15, -0.1) is 0 Å². The maximum absolute atomic E-state index is 12.5. The number of nitrogens with zero attached hydrogens (tertiary/aromatic N) is 2. The average Bonchev–Trinajstić information content (AvgIpc) is 3.29. The third-order valence-electron chi connectivity index (χ3n) is 4.51. The SMILES string of the molecule is Cc1c(OCC(F)(F)F)ccnc1COS(=O)(=O)c1nc2cc3c(cc2[nH]1)CCO3. The predicted molar refractivity (Wildman–Crippen MR) is 97.8 cm³/mol. The third kappa shape index (κ3) is 4.19. The summed E-state index contributed by atoms with van der Waals surface area (Å²) in [6, 6.07) is 4.69. The van der Waals surface area contributed by atoms with Gasteiger partial charge < -0.3 is 14.5 Å². The molecule has 1 aromatic carbocycles. The first-order chi connectivity index (χ1) is 14.1. The normalized spacial score (nSPS) is 14.0. The molecule has 4 rings (SSSR count). The van der Waals surface area contributed by atoms with Crippen LogP contribution < -0.4 is 9.47 Å². The van der Waals surface area contributed by atoms with Crippen molar-refractivity contribution < 1.29 is 35.2 Å². The van der Waals surface area contributed by atoms with Crippen molar-refractivity contribution in [1.82, 2.24) is 15.0 Å². The van der Waals surface area contributed by atoms with Gasteiger partial charge in [0, 0.05) is 24.2 Å². The molecule has 0 spiro atoms. The van der Waals surface area contributed by atoms with E-state index >= 15 is 0 Å². The summed E-state index contributed by atoms with van der Waals surface area (Å²) in [4.78, 5) is 10.7. The average molecular weight is 443 g/mol. The number of fused-ring (bicyclic) bond motifs is 2. The molecule has 1 aliphatic heterocycles. The first kappa shape index (κ1) is 20.4. The summed E-state index contributed by atoms with van der Waals surface area (Å²) in [6.45, 7) is 0.0677. The molecule has 0 radical (unpaired) electrons. The molecule has 30 heavy (non-hydrogen) atoms. The molecular weight excluding hydrogens is 427 g/mol. The van der Waals surface area contributed by atoms with Gasteiger partial charge in [-0.05, 0) is 24.6 Å². The molecule has 160 valence electrons. The summed E-state index contributed by atoms with van der Waals surface area (Å²) >= 11 is 0. The molecule has 0 saturated carbocycles. The number of nitrogens with one attached hydrogen (secondary N) is 1. The monoisotopic (exact) mass is 443 g/mol. The van der Waals surface area contributed by atoms with Crippen molar-refractivity contribution >= 4 is 21.2 Å². The second kappa shape index (κ2) is 7.43. The lowest BCUT2D eigenvalue weighted by Gasteiger charge is -2.13. The van der Waals surface area contributed by atoms with Crippen LogP contribution in [-0.4, -0.2) is 42.8 Å². The van der Waals surface area contributed by atoms with E-state index in [2.05, 4.69) is 15.0 Å².